The highest BCUT2D eigenvalue weighted by Crippen LogP contribution is 2.08. The van der Waals surface area contributed by atoms with Crippen molar-refractivity contribution in [1.29, 1.82) is 0 Å². The van der Waals surface area contributed by atoms with E-state index in [1.807, 2.05) is 4.90 Å². The fourth-order valence-electron chi connectivity index (χ4n) is 2.61. The number of nitrogens with zero attached hydrogens (tertiary/aromatic N) is 2. The van der Waals surface area contributed by atoms with Gasteiger partial charge in [0, 0.05) is 26.7 Å². The number of likely N-dealkylation sites (tertiary alicyclic amines) is 1. The lowest BCUT2D eigenvalue weighted by Crippen LogP contribution is -2.46. The Morgan fingerprint density at radius 3 is 2.46 bits per heavy atom. The van der Waals surface area contributed by atoms with Crippen molar-refractivity contribution in [3.8, 4) is 0 Å². The van der Waals surface area contributed by atoms with Crippen molar-refractivity contribution in [3.63, 3.8) is 0 Å². The monoisotopic (exact) mass is 448 g/mol. The Balaban J connectivity index is 0.00000288. The average molecular weight is 448 g/mol. The Morgan fingerprint density at radius 2 is 1.83 bits per heavy atom. The largest absolute Gasteiger partial charge is 0.356 e. The first-order chi connectivity index (χ1) is 11.2. The standard InChI is InChI=1S/C17H25FN4O.HI/c1-19-17(20-10-9-14-5-7-15(18)8-6-14)21-13-16(23)22-11-3-2-4-12-22;/h5-8H,2-4,9-13H2,1H3,(H2,19,20,21);1H. The lowest BCUT2D eigenvalue weighted by Gasteiger charge is -2.27. The van der Waals surface area contributed by atoms with E-state index in [1.165, 1.54) is 18.6 Å². The van der Waals surface area contributed by atoms with Crippen LogP contribution in [0.5, 0.6) is 0 Å². The first kappa shape index (κ1) is 20.7. The van der Waals surface area contributed by atoms with Gasteiger partial charge in [0.1, 0.15) is 5.82 Å². The molecule has 1 saturated heterocycles. The number of aliphatic imine (C=N–C) groups is 1. The number of rotatable bonds is 5. The highest BCUT2D eigenvalue weighted by atomic mass is 127. The number of guanidine groups is 1. The maximum Gasteiger partial charge on any atom is 0.241 e. The molecule has 7 heteroatoms. The molecule has 1 amide bonds. The molecule has 1 aromatic rings. The molecule has 1 aromatic carbocycles. The molecule has 1 fully saturated rings. The van der Waals surface area contributed by atoms with E-state index >= 15 is 0 Å². The normalized spacial score (nSPS) is 14.8. The lowest BCUT2D eigenvalue weighted by atomic mass is 10.1. The molecule has 2 rings (SSSR count). The second-order valence-electron chi connectivity index (χ2n) is 5.67. The molecule has 0 saturated carbocycles. The van der Waals surface area contributed by atoms with Crippen LogP contribution in [-0.2, 0) is 11.2 Å². The number of piperidine rings is 1. The van der Waals surface area contributed by atoms with Crippen LogP contribution in [0, 0.1) is 5.82 Å². The summed E-state index contributed by atoms with van der Waals surface area (Å²) < 4.78 is 12.8. The van der Waals surface area contributed by atoms with Gasteiger partial charge >= 0.3 is 0 Å². The van der Waals surface area contributed by atoms with Gasteiger partial charge in [0.2, 0.25) is 5.91 Å². The van der Waals surface area contributed by atoms with Gasteiger partial charge in [-0.15, -0.1) is 24.0 Å². The summed E-state index contributed by atoms with van der Waals surface area (Å²) in [5.41, 5.74) is 1.05. The predicted molar refractivity (Wildman–Crippen MR) is 105 cm³/mol. The molecular formula is C17H26FIN4O. The SMILES string of the molecule is CN=C(NCCc1ccc(F)cc1)NCC(=O)N1CCCCC1.I. The number of amides is 1. The molecule has 0 bridgehead atoms. The lowest BCUT2D eigenvalue weighted by molar-refractivity contribution is -0.130. The number of hydrogen-bond acceptors (Lipinski definition) is 2. The minimum Gasteiger partial charge on any atom is -0.356 e. The summed E-state index contributed by atoms with van der Waals surface area (Å²) >= 11 is 0. The molecule has 1 aliphatic rings. The topological polar surface area (TPSA) is 56.7 Å². The van der Waals surface area contributed by atoms with Crippen molar-refractivity contribution in [1.82, 2.24) is 15.5 Å². The molecule has 1 aliphatic heterocycles. The highest BCUT2D eigenvalue weighted by Gasteiger charge is 2.16. The molecule has 2 N–H and O–H groups in total. The average Bonchev–Trinajstić information content (AvgIpc) is 2.60. The summed E-state index contributed by atoms with van der Waals surface area (Å²) in [6.45, 7) is 2.65. The van der Waals surface area contributed by atoms with E-state index in [1.54, 1.807) is 19.2 Å². The van der Waals surface area contributed by atoms with E-state index in [0.717, 1.165) is 37.9 Å². The minimum atomic E-state index is -0.226. The Kier molecular flexibility index (Phi) is 9.66. The van der Waals surface area contributed by atoms with Gasteiger partial charge in [-0.1, -0.05) is 12.1 Å². The minimum absolute atomic E-state index is 0. The molecule has 0 aromatic heterocycles. The van der Waals surface area contributed by atoms with Gasteiger partial charge in [0.05, 0.1) is 6.54 Å². The summed E-state index contributed by atoms with van der Waals surface area (Å²) in [6.07, 6.45) is 4.16. The van der Waals surface area contributed by atoms with Crippen LogP contribution < -0.4 is 10.6 Å². The van der Waals surface area contributed by atoms with Crippen LogP contribution in [-0.4, -0.2) is 50.0 Å². The van der Waals surface area contributed by atoms with Gasteiger partial charge in [0.15, 0.2) is 5.96 Å². The maximum atomic E-state index is 12.8. The number of halogens is 2. The summed E-state index contributed by atoms with van der Waals surface area (Å²) in [4.78, 5) is 18.1. The summed E-state index contributed by atoms with van der Waals surface area (Å²) in [5.74, 6) is 0.499. The number of carbonyl (C=O) groups is 1. The number of benzene rings is 1. The molecule has 134 valence electrons. The molecule has 5 nitrogen and oxygen atoms in total. The van der Waals surface area contributed by atoms with Crippen molar-refractivity contribution in [2.24, 2.45) is 4.99 Å². The van der Waals surface area contributed by atoms with Gasteiger partial charge in [-0.2, -0.15) is 0 Å². The van der Waals surface area contributed by atoms with E-state index in [0.29, 0.717) is 12.5 Å². The number of carbonyl (C=O) groups excluding carboxylic acids is 1. The van der Waals surface area contributed by atoms with Crippen LogP contribution in [0.15, 0.2) is 29.3 Å². The zero-order valence-electron chi connectivity index (χ0n) is 14.1. The Morgan fingerprint density at radius 1 is 1.17 bits per heavy atom. The smallest absolute Gasteiger partial charge is 0.241 e. The first-order valence-corrected chi connectivity index (χ1v) is 8.16. The van der Waals surface area contributed by atoms with Crippen molar-refractivity contribution in [3.05, 3.63) is 35.6 Å². The molecule has 24 heavy (non-hydrogen) atoms. The summed E-state index contributed by atoms with van der Waals surface area (Å²) in [6, 6.07) is 6.46. The fraction of sp³-hybridized carbons (Fsp3) is 0.529. The highest BCUT2D eigenvalue weighted by molar-refractivity contribution is 14.0. The van der Waals surface area contributed by atoms with E-state index in [9.17, 15) is 9.18 Å². The summed E-state index contributed by atoms with van der Waals surface area (Å²) in [7, 11) is 1.68. The van der Waals surface area contributed by atoms with Gasteiger partial charge < -0.3 is 15.5 Å². The Labute approximate surface area is 160 Å². The van der Waals surface area contributed by atoms with Crippen LogP contribution in [0.1, 0.15) is 24.8 Å². The molecule has 0 spiro atoms. The van der Waals surface area contributed by atoms with E-state index < -0.39 is 0 Å². The zero-order chi connectivity index (χ0) is 16.5. The van der Waals surface area contributed by atoms with Crippen LogP contribution >= 0.6 is 24.0 Å². The second kappa shape index (κ2) is 11.2. The Hall–Kier alpha value is -1.38. The first-order valence-electron chi connectivity index (χ1n) is 8.16. The van der Waals surface area contributed by atoms with E-state index in [2.05, 4.69) is 15.6 Å². The third-order valence-corrected chi connectivity index (χ3v) is 3.96. The van der Waals surface area contributed by atoms with Crippen molar-refractivity contribution in [2.75, 3.05) is 33.2 Å². The molecule has 0 aliphatic carbocycles. The molecule has 1 heterocycles. The second-order valence-corrected chi connectivity index (χ2v) is 5.67. The van der Waals surface area contributed by atoms with E-state index in [-0.39, 0.29) is 42.2 Å². The van der Waals surface area contributed by atoms with Crippen molar-refractivity contribution in [2.45, 2.75) is 25.7 Å². The van der Waals surface area contributed by atoms with Crippen LogP contribution in [0.25, 0.3) is 0 Å². The van der Waals surface area contributed by atoms with Crippen molar-refractivity contribution >= 4 is 35.8 Å². The van der Waals surface area contributed by atoms with Gasteiger partial charge in [-0.25, -0.2) is 4.39 Å². The van der Waals surface area contributed by atoms with Crippen LogP contribution in [0.3, 0.4) is 0 Å². The maximum absolute atomic E-state index is 12.8. The Bertz CT molecular complexity index is 530. The zero-order valence-corrected chi connectivity index (χ0v) is 16.4. The van der Waals surface area contributed by atoms with Gasteiger partial charge in [0.25, 0.3) is 0 Å². The predicted octanol–water partition coefficient (Wildman–Crippen LogP) is 2.16. The fourth-order valence-corrected chi connectivity index (χ4v) is 2.61. The van der Waals surface area contributed by atoms with Crippen LogP contribution in [0.4, 0.5) is 4.39 Å². The third kappa shape index (κ3) is 7.02. The number of hydrogen-bond donors (Lipinski definition) is 2. The molecule has 0 atom stereocenters. The van der Waals surface area contributed by atoms with Gasteiger partial charge in [-0.05, 0) is 43.4 Å². The number of nitrogens with one attached hydrogen (secondary N) is 2. The van der Waals surface area contributed by atoms with Crippen LogP contribution in [0.2, 0.25) is 0 Å². The quantitative estimate of drug-likeness (QED) is 0.413. The van der Waals surface area contributed by atoms with Crippen molar-refractivity contribution < 1.29 is 9.18 Å². The van der Waals surface area contributed by atoms with E-state index in [4.69, 9.17) is 0 Å². The summed E-state index contributed by atoms with van der Waals surface area (Å²) in [5, 5.41) is 6.21. The molecule has 0 unspecified atom stereocenters. The van der Waals surface area contributed by atoms with Gasteiger partial charge in [-0.3, -0.25) is 9.79 Å². The molecular weight excluding hydrogens is 422 g/mol. The third-order valence-electron chi connectivity index (χ3n) is 3.96. The molecule has 0 radical (unpaired) electrons.